The van der Waals surface area contributed by atoms with Gasteiger partial charge < -0.3 is 10.1 Å². The summed E-state index contributed by atoms with van der Waals surface area (Å²) in [5.74, 6) is -0.285. The number of ether oxygens (including phenoxy) is 1. The summed E-state index contributed by atoms with van der Waals surface area (Å²) in [4.78, 5) is 21.0. The van der Waals surface area contributed by atoms with Crippen molar-refractivity contribution in [3.63, 3.8) is 0 Å². The second-order valence-electron chi connectivity index (χ2n) is 10.7. The van der Waals surface area contributed by atoms with Gasteiger partial charge in [0.05, 0.1) is 40.5 Å². The number of benzene rings is 1. The number of rotatable bonds is 6. The van der Waals surface area contributed by atoms with Crippen LogP contribution in [0.3, 0.4) is 0 Å². The molecule has 4 aromatic rings. The van der Waals surface area contributed by atoms with Gasteiger partial charge in [-0.3, -0.25) is 19.1 Å². The molecule has 36 heavy (non-hydrogen) atoms. The zero-order valence-electron chi connectivity index (χ0n) is 21.1. The van der Waals surface area contributed by atoms with E-state index in [0.717, 1.165) is 66.5 Å². The minimum absolute atomic E-state index is 0.0106. The molecule has 8 heteroatoms. The number of pyridine rings is 2. The van der Waals surface area contributed by atoms with Gasteiger partial charge in [-0.2, -0.15) is 0 Å². The van der Waals surface area contributed by atoms with E-state index in [0.29, 0.717) is 24.1 Å². The molecule has 1 aromatic carbocycles. The third-order valence-corrected chi connectivity index (χ3v) is 8.51. The first-order valence-electron chi connectivity index (χ1n) is 12.7. The second-order valence-corrected chi connectivity index (χ2v) is 10.7. The second kappa shape index (κ2) is 8.49. The van der Waals surface area contributed by atoms with E-state index < -0.39 is 0 Å². The number of nitrogens with zero attached hydrogens (tertiary/aromatic N) is 4. The van der Waals surface area contributed by atoms with Crippen molar-refractivity contribution in [1.82, 2.24) is 24.4 Å². The Morgan fingerprint density at radius 2 is 1.86 bits per heavy atom. The predicted molar refractivity (Wildman–Crippen MR) is 137 cm³/mol. The van der Waals surface area contributed by atoms with Crippen LogP contribution >= 0.6 is 0 Å². The monoisotopic (exact) mass is 489 g/mol. The van der Waals surface area contributed by atoms with E-state index in [9.17, 15) is 9.18 Å². The lowest BCUT2D eigenvalue weighted by atomic mass is 9.69. The SMILES string of the molecule is Cc1ccc2ncc(F)c(CCC34CCC(NCc5ccc6c(c5)n(C)c(=O)n6C)(CC3)CO4)c2n1. The van der Waals surface area contributed by atoms with Gasteiger partial charge in [-0.15, -0.1) is 0 Å². The number of nitrogens with one attached hydrogen (secondary N) is 1. The lowest BCUT2D eigenvalue weighted by Crippen LogP contribution is -2.61. The van der Waals surface area contributed by atoms with E-state index in [1.165, 1.54) is 6.20 Å². The molecule has 188 valence electrons. The highest BCUT2D eigenvalue weighted by atomic mass is 19.1. The van der Waals surface area contributed by atoms with Gasteiger partial charge in [0, 0.05) is 37.4 Å². The van der Waals surface area contributed by atoms with Crippen LogP contribution in [0, 0.1) is 12.7 Å². The quantitative estimate of drug-likeness (QED) is 0.442. The summed E-state index contributed by atoms with van der Waals surface area (Å²) >= 11 is 0. The molecule has 3 aliphatic rings. The van der Waals surface area contributed by atoms with Crippen LogP contribution in [0.15, 0.2) is 41.3 Å². The summed E-state index contributed by atoms with van der Waals surface area (Å²) in [6.45, 7) is 3.31. The molecule has 1 N–H and O–H groups in total. The molecule has 0 spiro atoms. The maximum atomic E-state index is 14.7. The van der Waals surface area contributed by atoms with E-state index in [2.05, 4.69) is 27.4 Å². The molecule has 2 saturated heterocycles. The molecule has 1 aliphatic carbocycles. The van der Waals surface area contributed by atoms with E-state index in [1.807, 2.05) is 32.2 Å². The number of hydrogen-bond donors (Lipinski definition) is 1. The fraction of sp³-hybridized carbons (Fsp3) is 0.464. The van der Waals surface area contributed by atoms with E-state index in [-0.39, 0.29) is 22.6 Å². The molecule has 2 aliphatic heterocycles. The average molecular weight is 490 g/mol. The first-order chi connectivity index (χ1) is 17.3. The number of aryl methyl sites for hydroxylation is 4. The number of fused-ring (bicyclic) bond motifs is 5. The Balaban J connectivity index is 1.12. The summed E-state index contributed by atoms with van der Waals surface area (Å²) in [5, 5.41) is 3.78. The topological polar surface area (TPSA) is 74.0 Å². The molecule has 0 atom stereocenters. The van der Waals surface area contributed by atoms with Crippen molar-refractivity contribution in [3.05, 3.63) is 69.7 Å². The highest BCUT2D eigenvalue weighted by molar-refractivity contribution is 5.78. The van der Waals surface area contributed by atoms with Crippen molar-refractivity contribution in [2.24, 2.45) is 14.1 Å². The molecule has 0 radical (unpaired) electrons. The molecule has 7 nitrogen and oxygen atoms in total. The Kier molecular flexibility index (Phi) is 5.50. The lowest BCUT2D eigenvalue weighted by molar-refractivity contribution is -0.165. The summed E-state index contributed by atoms with van der Waals surface area (Å²) in [6.07, 6.45) is 6.69. The summed E-state index contributed by atoms with van der Waals surface area (Å²) in [6, 6.07) is 10.0. The summed E-state index contributed by atoms with van der Waals surface area (Å²) in [7, 11) is 3.62. The Morgan fingerprint density at radius 3 is 2.61 bits per heavy atom. The van der Waals surface area contributed by atoms with Crippen molar-refractivity contribution in [1.29, 1.82) is 0 Å². The standard InChI is InChI=1S/C28H32FN5O2/c1-18-4-6-22-25(32-18)20(21(29)16-30-22)8-9-28-12-10-27(11-13-28,17-36-28)31-15-19-5-7-23-24(14-19)34(3)26(35)33(23)2/h4-7,14,16,31H,8-13,15,17H2,1-3H3. The third-order valence-electron chi connectivity index (χ3n) is 8.51. The smallest absolute Gasteiger partial charge is 0.328 e. The van der Waals surface area contributed by atoms with Crippen molar-refractivity contribution in [3.8, 4) is 0 Å². The molecule has 3 aromatic heterocycles. The zero-order chi connectivity index (χ0) is 25.1. The normalized spacial score (nSPS) is 23.7. The van der Waals surface area contributed by atoms with Crippen molar-refractivity contribution in [2.45, 2.75) is 63.1 Å². The lowest BCUT2D eigenvalue weighted by Gasteiger charge is -2.53. The molecule has 5 heterocycles. The Bertz CT molecular complexity index is 1510. The molecule has 0 amide bonds. The van der Waals surface area contributed by atoms with E-state index >= 15 is 0 Å². The van der Waals surface area contributed by atoms with Crippen molar-refractivity contribution in [2.75, 3.05) is 6.61 Å². The van der Waals surface area contributed by atoms with Crippen LogP contribution in [0.1, 0.15) is 48.9 Å². The summed E-state index contributed by atoms with van der Waals surface area (Å²) in [5.41, 5.74) is 5.72. The van der Waals surface area contributed by atoms with Gasteiger partial charge in [-0.05, 0) is 75.3 Å². The van der Waals surface area contributed by atoms with Gasteiger partial charge in [0.25, 0.3) is 0 Å². The maximum absolute atomic E-state index is 14.7. The van der Waals surface area contributed by atoms with Crippen LogP contribution in [0.25, 0.3) is 22.1 Å². The number of halogens is 1. The van der Waals surface area contributed by atoms with Gasteiger partial charge in [0.1, 0.15) is 5.82 Å². The number of imidazole rings is 1. The Morgan fingerprint density at radius 1 is 1.08 bits per heavy atom. The molecular formula is C28H32FN5O2. The van der Waals surface area contributed by atoms with Crippen LogP contribution < -0.4 is 11.0 Å². The molecule has 0 unspecified atom stereocenters. The Labute approximate surface area is 209 Å². The fourth-order valence-corrected chi connectivity index (χ4v) is 6.05. The molecular weight excluding hydrogens is 457 g/mol. The van der Waals surface area contributed by atoms with Crippen molar-refractivity contribution < 1.29 is 9.13 Å². The molecule has 1 saturated carbocycles. The highest BCUT2D eigenvalue weighted by Crippen LogP contribution is 2.46. The van der Waals surface area contributed by atoms with E-state index in [4.69, 9.17) is 4.74 Å². The number of aromatic nitrogens is 4. The summed E-state index contributed by atoms with van der Waals surface area (Å²) < 4.78 is 24.6. The molecule has 7 rings (SSSR count). The van der Waals surface area contributed by atoms with Crippen LogP contribution in [-0.4, -0.2) is 36.8 Å². The van der Waals surface area contributed by atoms with Gasteiger partial charge in [-0.1, -0.05) is 6.07 Å². The third kappa shape index (κ3) is 3.83. The van der Waals surface area contributed by atoms with Crippen LogP contribution in [0.5, 0.6) is 0 Å². The first-order valence-corrected chi connectivity index (χ1v) is 12.7. The van der Waals surface area contributed by atoms with Crippen LogP contribution in [0.2, 0.25) is 0 Å². The van der Waals surface area contributed by atoms with E-state index in [1.54, 1.807) is 16.2 Å². The molecule has 2 bridgehead atoms. The number of hydrogen-bond acceptors (Lipinski definition) is 5. The van der Waals surface area contributed by atoms with Gasteiger partial charge in [0.2, 0.25) is 0 Å². The van der Waals surface area contributed by atoms with Gasteiger partial charge >= 0.3 is 5.69 Å². The first kappa shape index (κ1) is 23.3. The largest absolute Gasteiger partial charge is 0.373 e. The Hall–Kier alpha value is -3.10. The molecule has 3 fully saturated rings. The van der Waals surface area contributed by atoms with Crippen LogP contribution in [0.4, 0.5) is 4.39 Å². The maximum Gasteiger partial charge on any atom is 0.328 e. The highest BCUT2D eigenvalue weighted by Gasteiger charge is 2.49. The zero-order valence-corrected chi connectivity index (χ0v) is 21.1. The predicted octanol–water partition coefficient (Wildman–Crippen LogP) is 4.07. The van der Waals surface area contributed by atoms with Crippen LogP contribution in [-0.2, 0) is 31.8 Å². The van der Waals surface area contributed by atoms with Gasteiger partial charge in [-0.25, -0.2) is 9.18 Å². The minimum atomic E-state index is -0.285. The average Bonchev–Trinajstić information content (AvgIpc) is 3.11. The minimum Gasteiger partial charge on any atom is -0.373 e. The van der Waals surface area contributed by atoms with Crippen molar-refractivity contribution >= 4 is 22.1 Å². The fourth-order valence-electron chi connectivity index (χ4n) is 6.05. The van der Waals surface area contributed by atoms with Gasteiger partial charge in [0.15, 0.2) is 0 Å².